The second-order valence-corrected chi connectivity index (χ2v) is 7.57. The van der Waals surface area contributed by atoms with Gasteiger partial charge in [0, 0.05) is 18.8 Å². The van der Waals surface area contributed by atoms with Gasteiger partial charge in [0.05, 0.1) is 17.7 Å². The van der Waals surface area contributed by atoms with Gasteiger partial charge in [0.25, 0.3) is 0 Å². The van der Waals surface area contributed by atoms with Crippen molar-refractivity contribution in [1.29, 1.82) is 0 Å². The predicted molar refractivity (Wildman–Crippen MR) is 107 cm³/mol. The summed E-state index contributed by atoms with van der Waals surface area (Å²) in [6, 6.07) is 16.6. The van der Waals surface area contributed by atoms with Crippen LogP contribution in [-0.4, -0.2) is 35.5 Å². The summed E-state index contributed by atoms with van der Waals surface area (Å²) in [5, 5.41) is 0. The van der Waals surface area contributed by atoms with E-state index in [9.17, 15) is 4.79 Å². The van der Waals surface area contributed by atoms with Crippen LogP contribution in [0.5, 0.6) is 0 Å². The number of piperidine rings is 1. The normalized spacial score (nSPS) is 20.4. The van der Waals surface area contributed by atoms with Crippen LogP contribution < -0.4 is 0 Å². The van der Waals surface area contributed by atoms with Crippen LogP contribution >= 0.6 is 0 Å². The molecule has 4 nitrogen and oxygen atoms in total. The van der Waals surface area contributed by atoms with Crippen molar-refractivity contribution >= 4 is 5.97 Å². The smallest absolute Gasteiger partial charge is 0.313 e. The Morgan fingerprint density at radius 1 is 1.19 bits per heavy atom. The minimum Gasteiger partial charge on any atom is -0.466 e. The molecule has 1 saturated heterocycles. The summed E-state index contributed by atoms with van der Waals surface area (Å²) in [5.74, 6) is -0.0390. The molecule has 0 saturated carbocycles. The molecule has 0 radical (unpaired) electrons. The third kappa shape index (κ3) is 5.16. The van der Waals surface area contributed by atoms with E-state index in [0.29, 0.717) is 6.61 Å². The van der Waals surface area contributed by atoms with E-state index >= 15 is 0 Å². The SMILES string of the molecule is CCOC(=O)[C@]1(CCc2ccccc2)CCCN(Cc2cccc(C)n2)C1. The standard InChI is InChI=1S/C23H30N2O2/c1-3-27-22(26)23(15-13-20-10-5-4-6-11-20)14-8-16-25(18-23)17-21-12-7-9-19(2)24-21/h4-7,9-12H,3,8,13-18H2,1-2H3/t23-/m0/s1. The van der Waals surface area contributed by atoms with E-state index in [1.54, 1.807) is 0 Å². The van der Waals surface area contributed by atoms with Gasteiger partial charge in [-0.2, -0.15) is 0 Å². The lowest BCUT2D eigenvalue weighted by atomic mass is 9.75. The van der Waals surface area contributed by atoms with Gasteiger partial charge >= 0.3 is 5.97 Å². The Hall–Kier alpha value is -2.20. The molecule has 144 valence electrons. The molecule has 27 heavy (non-hydrogen) atoms. The number of hydrogen-bond donors (Lipinski definition) is 0. The Kier molecular flexibility index (Phi) is 6.62. The van der Waals surface area contributed by atoms with Crippen LogP contribution in [0.15, 0.2) is 48.5 Å². The van der Waals surface area contributed by atoms with Gasteiger partial charge in [0.2, 0.25) is 0 Å². The van der Waals surface area contributed by atoms with Gasteiger partial charge in [-0.25, -0.2) is 0 Å². The number of carbonyl (C=O) groups is 1. The van der Waals surface area contributed by atoms with Crippen LogP contribution in [0.1, 0.15) is 43.1 Å². The number of ether oxygens (including phenoxy) is 1. The summed E-state index contributed by atoms with van der Waals surface area (Å²) >= 11 is 0. The number of pyridine rings is 1. The highest BCUT2D eigenvalue weighted by molar-refractivity contribution is 5.77. The molecule has 0 spiro atoms. The van der Waals surface area contributed by atoms with Crippen molar-refractivity contribution in [1.82, 2.24) is 9.88 Å². The first-order valence-electron chi connectivity index (χ1n) is 9.97. The highest BCUT2D eigenvalue weighted by Gasteiger charge is 2.43. The van der Waals surface area contributed by atoms with Crippen molar-refractivity contribution in [3.8, 4) is 0 Å². The number of benzene rings is 1. The fourth-order valence-corrected chi connectivity index (χ4v) is 4.06. The molecule has 0 N–H and O–H groups in total. The summed E-state index contributed by atoms with van der Waals surface area (Å²) in [6.45, 7) is 6.87. The highest BCUT2D eigenvalue weighted by atomic mass is 16.5. The van der Waals surface area contributed by atoms with E-state index in [-0.39, 0.29) is 5.97 Å². The highest BCUT2D eigenvalue weighted by Crippen LogP contribution is 2.36. The van der Waals surface area contributed by atoms with E-state index in [0.717, 1.165) is 56.7 Å². The molecule has 0 bridgehead atoms. The zero-order chi connectivity index (χ0) is 19.1. The topological polar surface area (TPSA) is 42.4 Å². The fraction of sp³-hybridized carbons (Fsp3) is 0.478. The van der Waals surface area contributed by atoms with Crippen molar-refractivity contribution in [2.24, 2.45) is 5.41 Å². The maximum atomic E-state index is 12.9. The van der Waals surface area contributed by atoms with Crippen LogP contribution in [0.25, 0.3) is 0 Å². The third-order valence-electron chi connectivity index (χ3n) is 5.43. The summed E-state index contributed by atoms with van der Waals surface area (Å²) in [4.78, 5) is 19.9. The Bertz CT molecular complexity index is 747. The minimum atomic E-state index is -0.423. The molecule has 2 heterocycles. The van der Waals surface area contributed by atoms with E-state index < -0.39 is 5.41 Å². The summed E-state index contributed by atoms with van der Waals surface area (Å²) < 4.78 is 5.51. The van der Waals surface area contributed by atoms with E-state index in [1.165, 1.54) is 5.56 Å². The number of aromatic nitrogens is 1. The van der Waals surface area contributed by atoms with E-state index in [4.69, 9.17) is 4.74 Å². The molecule has 1 aromatic heterocycles. The van der Waals surface area contributed by atoms with Crippen molar-refractivity contribution in [2.45, 2.75) is 46.1 Å². The molecular formula is C23H30N2O2. The fourth-order valence-electron chi connectivity index (χ4n) is 4.06. The molecule has 3 rings (SSSR count). The van der Waals surface area contributed by atoms with Gasteiger partial charge in [-0.15, -0.1) is 0 Å². The lowest BCUT2D eigenvalue weighted by Crippen LogP contribution is -2.48. The number of rotatable bonds is 7. The van der Waals surface area contributed by atoms with Gasteiger partial charge in [-0.1, -0.05) is 36.4 Å². The van der Waals surface area contributed by atoms with Crippen LogP contribution in [0.2, 0.25) is 0 Å². The number of likely N-dealkylation sites (tertiary alicyclic amines) is 1. The van der Waals surface area contributed by atoms with Crippen LogP contribution in [0, 0.1) is 12.3 Å². The monoisotopic (exact) mass is 366 g/mol. The van der Waals surface area contributed by atoms with Crippen molar-refractivity contribution in [3.63, 3.8) is 0 Å². The third-order valence-corrected chi connectivity index (χ3v) is 5.43. The zero-order valence-corrected chi connectivity index (χ0v) is 16.5. The number of esters is 1. The zero-order valence-electron chi connectivity index (χ0n) is 16.5. The van der Waals surface area contributed by atoms with Crippen LogP contribution in [0.4, 0.5) is 0 Å². The number of nitrogens with zero attached hydrogens (tertiary/aromatic N) is 2. The molecule has 0 aliphatic carbocycles. The first-order valence-corrected chi connectivity index (χ1v) is 9.97. The Morgan fingerprint density at radius 3 is 2.74 bits per heavy atom. The molecule has 4 heteroatoms. The molecular weight excluding hydrogens is 336 g/mol. The average Bonchev–Trinajstić information content (AvgIpc) is 2.68. The van der Waals surface area contributed by atoms with Gasteiger partial charge in [0.1, 0.15) is 0 Å². The van der Waals surface area contributed by atoms with E-state index in [2.05, 4.69) is 46.3 Å². The first kappa shape index (κ1) is 19.6. The van der Waals surface area contributed by atoms with Gasteiger partial charge in [-0.05, 0) is 63.8 Å². The molecule has 0 amide bonds. The second kappa shape index (κ2) is 9.14. The number of carbonyl (C=O) groups excluding carboxylic acids is 1. The van der Waals surface area contributed by atoms with E-state index in [1.807, 2.05) is 26.0 Å². The number of aryl methyl sites for hydroxylation is 2. The minimum absolute atomic E-state index is 0.0390. The molecule has 1 aliphatic rings. The maximum Gasteiger partial charge on any atom is 0.313 e. The lowest BCUT2D eigenvalue weighted by Gasteiger charge is -2.41. The number of hydrogen-bond acceptors (Lipinski definition) is 4. The summed E-state index contributed by atoms with van der Waals surface area (Å²) in [7, 11) is 0. The van der Waals surface area contributed by atoms with Crippen LogP contribution in [-0.2, 0) is 22.5 Å². The van der Waals surface area contributed by atoms with Crippen molar-refractivity contribution in [2.75, 3.05) is 19.7 Å². The predicted octanol–water partition coefficient (Wildman–Crippen LogP) is 4.17. The van der Waals surface area contributed by atoms with Gasteiger partial charge < -0.3 is 4.74 Å². The molecule has 2 aromatic rings. The molecule has 1 atom stereocenters. The van der Waals surface area contributed by atoms with Gasteiger partial charge in [-0.3, -0.25) is 14.7 Å². The van der Waals surface area contributed by atoms with Gasteiger partial charge in [0.15, 0.2) is 0 Å². The maximum absolute atomic E-state index is 12.9. The lowest BCUT2D eigenvalue weighted by molar-refractivity contribution is -0.160. The first-order chi connectivity index (χ1) is 13.1. The molecule has 0 unspecified atom stereocenters. The average molecular weight is 367 g/mol. The Labute approximate surface area is 162 Å². The quantitative estimate of drug-likeness (QED) is 0.690. The second-order valence-electron chi connectivity index (χ2n) is 7.57. The molecule has 1 fully saturated rings. The summed E-state index contributed by atoms with van der Waals surface area (Å²) in [6.07, 6.45) is 3.64. The molecule has 1 aromatic carbocycles. The summed E-state index contributed by atoms with van der Waals surface area (Å²) in [5.41, 5.74) is 2.95. The Morgan fingerprint density at radius 2 is 2.00 bits per heavy atom. The van der Waals surface area contributed by atoms with Crippen molar-refractivity contribution in [3.05, 3.63) is 65.5 Å². The molecule has 1 aliphatic heterocycles. The Balaban J connectivity index is 1.73. The van der Waals surface area contributed by atoms with Crippen molar-refractivity contribution < 1.29 is 9.53 Å². The van der Waals surface area contributed by atoms with Crippen LogP contribution in [0.3, 0.4) is 0 Å². The largest absolute Gasteiger partial charge is 0.466 e.